The van der Waals surface area contributed by atoms with Gasteiger partial charge in [0.2, 0.25) is 11.8 Å². The predicted molar refractivity (Wildman–Crippen MR) is 127 cm³/mol. The van der Waals surface area contributed by atoms with Gasteiger partial charge in [-0.15, -0.1) is 0 Å². The van der Waals surface area contributed by atoms with Crippen LogP contribution in [0.3, 0.4) is 0 Å². The molecule has 1 aliphatic rings. The van der Waals surface area contributed by atoms with E-state index in [0.29, 0.717) is 30.5 Å². The molecule has 0 spiro atoms. The van der Waals surface area contributed by atoms with Crippen molar-refractivity contribution >= 4 is 5.91 Å². The van der Waals surface area contributed by atoms with Gasteiger partial charge in [-0.05, 0) is 37.1 Å². The summed E-state index contributed by atoms with van der Waals surface area (Å²) in [6, 6.07) is 21.2. The fourth-order valence-electron chi connectivity index (χ4n) is 4.04. The molecule has 0 N–H and O–H groups in total. The largest absolute Gasteiger partial charge is 0.493 e. The third kappa shape index (κ3) is 4.55. The molecule has 7 heteroatoms. The highest BCUT2D eigenvalue weighted by Gasteiger charge is 2.35. The summed E-state index contributed by atoms with van der Waals surface area (Å²) in [6.45, 7) is 0.734. The first-order valence-corrected chi connectivity index (χ1v) is 11.4. The molecule has 0 bridgehead atoms. The van der Waals surface area contributed by atoms with Gasteiger partial charge in [-0.1, -0.05) is 42.5 Å². The third-order valence-electron chi connectivity index (χ3n) is 5.92. The number of hydrogen-bond donors (Lipinski definition) is 0. The molecule has 7 nitrogen and oxygen atoms in total. The minimum Gasteiger partial charge on any atom is -0.493 e. The minimum absolute atomic E-state index is 0.0744. The smallest absolute Gasteiger partial charge is 0.226 e. The minimum atomic E-state index is 0.0744. The Balaban J connectivity index is 1.57. The van der Waals surface area contributed by atoms with Crippen molar-refractivity contribution in [2.45, 2.75) is 25.9 Å². The van der Waals surface area contributed by atoms with Crippen molar-refractivity contribution < 1.29 is 18.7 Å². The molecule has 0 unspecified atom stereocenters. The van der Waals surface area contributed by atoms with Crippen molar-refractivity contribution in [3.63, 3.8) is 0 Å². The van der Waals surface area contributed by atoms with E-state index in [2.05, 4.69) is 0 Å². The molecular formula is C27H27N3O4. The van der Waals surface area contributed by atoms with Crippen LogP contribution in [-0.4, -0.2) is 27.7 Å². The maximum Gasteiger partial charge on any atom is 0.226 e. The molecule has 4 aromatic rings. The molecule has 2 aromatic carbocycles. The summed E-state index contributed by atoms with van der Waals surface area (Å²) in [5.74, 6) is 2.72. The van der Waals surface area contributed by atoms with Gasteiger partial charge < -0.3 is 18.8 Å². The van der Waals surface area contributed by atoms with Crippen LogP contribution in [0.4, 0.5) is 0 Å². The van der Waals surface area contributed by atoms with E-state index in [-0.39, 0.29) is 11.8 Å². The lowest BCUT2D eigenvalue weighted by molar-refractivity contribution is -0.134. The van der Waals surface area contributed by atoms with E-state index in [1.165, 1.54) is 0 Å². The first-order chi connectivity index (χ1) is 16.6. The maximum atomic E-state index is 13.3. The maximum absolute atomic E-state index is 13.3. The average Bonchev–Trinajstić information content (AvgIpc) is 3.51. The Morgan fingerprint density at radius 2 is 1.76 bits per heavy atom. The topological polar surface area (TPSA) is 69.7 Å². The Kier molecular flexibility index (Phi) is 6.08. The Bertz CT molecular complexity index is 1260. The molecule has 2 aromatic heterocycles. The van der Waals surface area contributed by atoms with Crippen molar-refractivity contribution in [3.05, 3.63) is 84.3 Å². The summed E-state index contributed by atoms with van der Waals surface area (Å²) in [5.41, 5.74) is 2.57. The molecule has 0 saturated heterocycles. The van der Waals surface area contributed by atoms with Crippen LogP contribution in [0.15, 0.2) is 77.4 Å². The lowest BCUT2D eigenvalue weighted by Crippen LogP contribution is -2.31. The van der Waals surface area contributed by atoms with Crippen LogP contribution < -0.4 is 9.47 Å². The number of aryl methyl sites for hydroxylation is 1. The molecule has 1 fully saturated rings. The van der Waals surface area contributed by atoms with Crippen LogP contribution in [0.5, 0.6) is 17.4 Å². The summed E-state index contributed by atoms with van der Waals surface area (Å²) < 4.78 is 19.1. The molecule has 0 aliphatic heterocycles. The number of para-hydroxylation sites is 2. The van der Waals surface area contributed by atoms with Crippen molar-refractivity contribution in [2.75, 3.05) is 7.11 Å². The van der Waals surface area contributed by atoms with Crippen molar-refractivity contribution in [1.82, 2.24) is 14.7 Å². The van der Waals surface area contributed by atoms with Crippen molar-refractivity contribution in [1.29, 1.82) is 0 Å². The molecule has 0 atom stereocenters. The van der Waals surface area contributed by atoms with E-state index in [1.807, 2.05) is 78.7 Å². The van der Waals surface area contributed by atoms with E-state index < -0.39 is 0 Å². The zero-order valence-electron chi connectivity index (χ0n) is 19.3. The molecule has 1 saturated carbocycles. The number of aromatic nitrogens is 2. The second kappa shape index (κ2) is 9.47. The fraction of sp³-hybridized carbons (Fsp3) is 0.259. The summed E-state index contributed by atoms with van der Waals surface area (Å²) >= 11 is 0. The number of nitrogens with zero attached hydrogens (tertiary/aromatic N) is 3. The Morgan fingerprint density at radius 3 is 2.44 bits per heavy atom. The second-order valence-corrected chi connectivity index (χ2v) is 8.42. The predicted octanol–water partition coefficient (Wildman–Crippen LogP) is 5.42. The number of furan rings is 1. The third-order valence-corrected chi connectivity index (χ3v) is 5.92. The van der Waals surface area contributed by atoms with Crippen LogP contribution >= 0.6 is 0 Å². The lowest BCUT2D eigenvalue weighted by Gasteiger charge is -2.23. The first-order valence-electron chi connectivity index (χ1n) is 11.4. The number of hydrogen-bond acceptors (Lipinski definition) is 5. The summed E-state index contributed by atoms with van der Waals surface area (Å²) in [6.07, 6.45) is 3.48. The van der Waals surface area contributed by atoms with Crippen LogP contribution in [0.25, 0.3) is 11.3 Å². The normalized spacial score (nSPS) is 13.0. The molecular weight excluding hydrogens is 430 g/mol. The number of rotatable bonds is 9. The van der Waals surface area contributed by atoms with Crippen LogP contribution in [0, 0.1) is 5.92 Å². The van der Waals surface area contributed by atoms with E-state index in [0.717, 1.165) is 35.4 Å². The van der Waals surface area contributed by atoms with Gasteiger partial charge in [0, 0.05) is 18.5 Å². The standard InChI is InChI=1S/C27H27N3O4/c1-29-27(34-24-13-7-6-12-23(24)32-2)22(25(28-29)19-9-4-3-5-10-19)18-30(26(31)20-14-15-20)17-21-11-8-16-33-21/h3-13,16,20H,14-15,17-18H2,1-2H3. The van der Waals surface area contributed by atoms with Gasteiger partial charge in [-0.25, -0.2) is 4.68 Å². The number of methoxy groups -OCH3 is 1. The van der Waals surface area contributed by atoms with Gasteiger partial charge in [0.1, 0.15) is 11.5 Å². The molecule has 1 amide bonds. The number of carbonyl (C=O) groups is 1. The van der Waals surface area contributed by atoms with Crippen LogP contribution in [-0.2, 0) is 24.9 Å². The van der Waals surface area contributed by atoms with E-state index >= 15 is 0 Å². The van der Waals surface area contributed by atoms with Gasteiger partial charge in [-0.3, -0.25) is 4.79 Å². The van der Waals surface area contributed by atoms with Gasteiger partial charge in [0.25, 0.3) is 0 Å². The van der Waals surface area contributed by atoms with Crippen LogP contribution in [0.1, 0.15) is 24.2 Å². The van der Waals surface area contributed by atoms with Gasteiger partial charge in [0.15, 0.2) is 11.5 Å². The van der Waals surface area contributed by atoms with Crippen molar-refractivity contribution in [2.24, 2.45) is 13.0 Å². The fourth-order valence-corrected chi connectivity index (χ4v) is 4.04. The Hall–Kier alpha value is -4.00. The SMILES string of the molecule is COc1ccccc1Oc1c(CN(Cc2ccco2)C(=O)C2CC2)c(-c2ccccc2)nn1C. The highest BCUT2D eigenvalue weighted by atomic mass is 16.5. The Labute approximate surface area is 198 Å². The average molecular weight is 458 g/mol. The van der Waals surface area contributed by atoms with E-state index in [9.17, 15) is 4.79 Å². The molecule has 174 valence electrons. The lowest BCUT2D eigenvalue weighted by atomic mass is 10.1. The van der Waals surface area contributed by atoms with E-state index in [1.54, 1.807) is 18.1 Å². The highest BCUT2D eigenvalue weighted by Crippen LogP contribution is 2.39. The number of ether oxygens (including phenoxy) is 2. The van der Waals surface area contributed by atoms with E-state index in [4.69, 9.17) is 19.0 Å². The zero-order chi connectivity index (χ0) is 23.5. The zero-order valence-corrected chi connectivity index (χ0v) is 19.3. The second-order valence-electron chi connectivity index (χ2n) is 8.42. The number of benzene rings is 2. The Morgan fingerprint density at radius 1 is 1.03 bits per heavy atom. The van der Waals surface area contributed by atoms with Crippen LogP contribution in [0.2, 0.25) is 0 Å². The monoisotopic (exact) mass is 457 g/mol. The number of carbonyl (C=O) groups excluding carboxylic acids is 1. The summed E-state index contributed by atoms with van der Waals surface area (Å²) in [5, 5.41) is 4.79. The molecule has 0 radical (unpaired) electrons. The molecule has 5 rings (SSSR count). The summed E-state index contributed by atoms with van der Waals surface area (Å²) in [7, 11) is 3.46. The van der Waals surface area contributed by atoms with Gasteiger partial charge in [0.05, 0.1) is 32.0 Å². The number of amides is 1. The highest BCUT2D eigenvalue weighted by molar-refractivity contribution is 5.81. The quantitative estimate of drug-likeness (QED) is 0.336. The molecule has 34 heavy (non-hydrogen) atoms. The van der Waals surface area contributed by atoms with Gasteiger partial charge in [-0.2, -0.15) is 5.10 Å². The first kappa shape index (κ1) is 21.8. The van der Waals surface area contributed by atoms with Gasteiger partial charge >= 0.3 is 0 Å². The molecule has 1 aliphatic carbocycles. The molecule has 2 heterocycles. The summed E-state index contributed by atoms with van der Waals surface area (Å²) in [4.78, 5) is 15.1. The van der Waals surface area contributed by atoms with Crippen molar-refractivity contribution in [3.8, 4) is 28.6 Å².